The number of rotatable bonds is 6. The van der Waals surface area contributed by atoms with Crippen LogP contribution in [-0.4, -0.2) is 25.1 Å². The molecule has 140 valence electrons. The van der Waals surface area contributed by atoms with Crippen LogP contribution in [0.5, 0.6) is 11.5 Å². The van der Waals surface area contributed by atoms with Crippen molar-refractivity contribution in [1.82, 2.24) is 4.98 Å². The molecule has 0 saturated carbocycles. The van der Waals surface area contributed by atoms with E-state index in [-0.39, 0.29) is 5.91 Å². The Morgan fingerprint density at radius 3 is 2.46 bits per heavy atom. The SMILES string of the molecule is COc1ccc(OC)c(NC(=O)c2cncc(Nc3ccc(C#N)cc3)c2)c1. The van der Waals surface area contributed by atoms with E-state index in [0.29, 0.717) is 34.0 Å². The van der Waals surface area contributed by atoms with E-state index < -0.39 is 0 Å². The molecule has 0 saturated heterocycles. The Morgan fingerprint density at radius 2 is 1.79 bits per heavy atom. The minimum Gasteiger partial charge on any atom is -0.497 e. The van der Waals surface area contributed by atoms with Gasteiger partial charge in [0.15, 0.2) is 0 Å². The molecule has 3 rings (SSSR count). The van der Waals surface area contributed by atoms with Crippen LogP contribution in [0.15, 0.2) is 60.9 Å². The van der Waals surface area contributed by atoms with Crippen molar-refractivity contribution in [3.63, 3.8) is 0 Å². The summed E-state index contributed by atoms with van der Waals surface area (Å²) in [6.45, 7) is 0. The number of nitriles is 1. The van der Waals surface area contributed by atoms with Gasteiger partial charge in [-0.2, -0.15) is 5.26 Å². The normalized spacial score (nSPS) is 9.89. The molecule has 0 atom stereocenters. The summed E-state index contributed by atoms with van der Waals surface area (Å²) >= 11 is 0. The van der Waals surface area contributed by atoms with Gasteiger partial charge in [-0.3, -0.25) is 9.78 Å². The van der Waals surface area contributed by atoms with Gasteiger partial charge >= 0.3 is 0 Å². The van der Waals surface area contributed by atoms with Crippen LogP contribution < -0.4 is 20.1 Å². The second-order valence-electron chi connectivity index (χ2n) is 5.80. The first-order valence-electron chi connectivity index (χ1n) is 8.38. The van der Waals surface area contributed by atoms with Crippen molar-refractivity contribution < 1.29 is 14.3 Å². The summed E-state index contributed by atoms with van der Waals surface area (Å²) in [6, 6.07) is 15.9. The highest BCUT2D eigenvalue weighted by Crippen LogP contribution is 2.29. The lowest BCUT2D eigenvalue weighted by Gasteiger charge is -2.12. The largest absolute Gasteiger partial charge is 0.497 e. The van der Waals surface area contributed by atoms with Crippen molar-refractivity contribution in [2.45, 2.75) is 0 Å². The summed E-state index contributed by atoms with van der Waals surface area (Å²) in [4.78, 5) is 16.8. The Hall–Kier alpha value is -4.05. The van der Waals surface area contributed by atoms with E-state index in [1.165, 1.54) is 13.3 Å². The Morgan fingerprint density at radius 1 is 1.00 bits per heavy atom. The molecule has 0 aliphatic heterocycles. The number of pyridine rings is 1. The van der Waals surface area contributed by atoms with E-state index in [1.54, 1.807) is 61.8 Å². The number of carbonyl (C=O) groups is 1. The number of nitrogens with zero attached hydrogens (tertiary/aromatic N) is 2. The van der Waals surface area contributed by atoms with E-state index in [9.17, 15) is 4.79 Å². The van der Waals surface area contributed by atoms with Gasteiger partial charge in [-0.05, 0) is 42.5 Å². The first kappa shape index (κ1) is 18.7. The second kappa shape index (κ2) is 8.56. The van der Waals surface area contributed by atoms with Gasteiger partial charge in [0.2, 0.25) is 0 Å². The highest BCUT2D eigenvalue weighted by Gasteiger charge is 2.12. The molecule has 0 aliphatic carbocycles. The maximum atomic E-state index is 12.7. The lowest BCUT2D eigenvalue weighted by Crippen LogP contribution is -2.13. The number of ether oxygens (including phenoxy) is 2. The molecular formula is C21H18N4O3. The highest BCUT2D eigenvalue weighted by molar-refractivity contribution is 6.05. The number of benzene rings is 2. The predicted molar refractivity (Wildman–Crippen MR) is 106 cm³/mol. The molecule has 28 heavy (non-hydrogen) atoms. The number of hydrogen-bond acceptors (Lipinski definition) is 6. The van der Waals surface area contributed by atoms with Crippen molar-refractivity contribution >= 4 is 23.0 Å². The summed E-state index contributed by atoms with van der Waals surface area (Å²) < 4.78 is 10.5. The van der Waals surface area contributed by atoms with Crippen molar-refractivity contribution in [2.24, 2.45) is 0 Å². The Balaban J connectivity index is 1.78. The zero-order chi connectivity index (χ0) is 19.9. The number of hydrogen-bond donors (Lipinski definition) is 2. The fourth-order valence-corrected chi connectivity index (χ4v) is 2.53. The number of nitrogens with one attached hydrogen (secondary N) is 2. The van der Waals surface area contributed by atoms with Crippen LogP contribution in [0.2, 0.25) is 0 Å². The molecule has 1 heterocycles. The second-order valence-corrected chi connectivity index (χ2v) is 5.80. The van der Waals surface area contributed by atoms with E-state index in [0.717, 1.165) is 5.69 Å². The third-order valence-electron chi connectivity index (χ3n) is 3.96. The van der Waals surface area contributed by atoms with E-state index in [2.05, 4.69) is 21.7 Å². The zero-order valence-corrected chi connectivity index (χ0v) is 15.4. The van der Waals surface area contributed by atoms with Gasteiger partial charge in [0.1, 0.15) is 11.5 Å². The van der Waals surface area contributed by atoms with Crippen LogP contribution in [0.3, 0.4) is 0 Å². The smallest absolute Gasteiger partial charge is 0.257 e. The molecule has 1 amide bonds. The Labute approximate surface area is 162 Å². The molecule has 0 aliphatic rings. The van der Waals surface area contributed by atoms with Gasteiger partial charge in [0, 0.05) is 18.0 Å². The molecule has 0 fully saturated rings. The number of aromatic nitrogens is 1. The fourth-order valence-electron chi connectivity index (χ4n) is 2.53. The minimum atomic E-state index is -0.331. The van der Waals surface area contributed by atoms with E-state index in [1.807, 2.05) is 0 Å². The number of amides is 1. The van der Waals surface area contributed by atoms with Crippen molar-refractivity contribution in [3.05, 3.63) is 72.1 Å². The van der Waals surface area contributed by atoms with Crippen molar-refractivity contribution in [1.29, 1.82) is 5.26 Å². The third-order valence-corrected chi connectivity index (χ3v) is 3.96. The average molecular weight is 374 g/mol. The Kier molecular flexibility index (Phi) is 5.72. The molecule has 7 nitrogen and oxygen atoms in total. The van der Waals surface area contributed by atoms with Crippen LogP contribution >= 0.6 is 0 Å². The zero-order valence-electron chi connectivity index (χ0n) is 15.4. The molecule has 2 N–H and O–H groups in total. The molecule has 0 bridgehead atoms. The molecule has 3 aromatic rings. The summed E-state index contributed by atoms with van der Waals surface area (Å²) in [6.07, 6.45) is 3.09. The number of carbonyl (C=O) groups excluding carboxylic acids is 1. The molecule has 7 heteroatoms. The molecule has 0 radical (unpaired) electrons. The monoisotopic (exact) mass is 374 g/mol. The van der Waals surface area contributed by atoms with Gasteiger partial charge in [0.05, 0.1) is 49.0 Å². The topological polar surface area (TPSA) is 96.3 Å². The van der Waals surface area contributed by atoms with Gasteiger partial charge in [0.25, 0.3) is 5.91 Å². The quantitative estimate of drug-likeness (QED) is 0.678. The molecule has 0 unspecified atom stereocenters. The Bertz CT molecular complexity index is 1030. The van der Waals surface area contributed by atoms with Crippen LogP contribution in [-0.2, 0) is 0 Å². The van der Waals surface area contributed by atoms with Crippen LogP contribution in [0.25, 0.3) is 0 Å². The van der Waals surface area contributed by atoms with Crippen LogP contribution in [0, 0.1) is 11.3 Å². The molecule has 1 aromatic heterocycles. The number of methoxy groups -OCH3 is 2. The number of anilines is 3. The minimum absolute atomic E-state index is 0.331. The van der Waals surface area contributed by atoms with Crippen molar-refractivity contribution in [3.8, 4) is 17.6 Å². The third kappa shape index (κ3) is 4.37. The van der Waals surface area contributed by atoms with Crippen LogP contribution in [0.4, 0.5) is 17.1 Å². The van der Waals surface area contributed by atoms with Crippen LogP contribution in [0.1, 0.15) is 15.9 Å². The van der Waals surface area contributed by atoms with Gasteiger partial charge < -0.3 is 20.1 Å². The summed E-state index contributed by atoms with van der Waals surface area (Å²) in [7, 11) is 3.08. The molecule has 0 spiro atoms. The summed E-state index contributed by atoms with van der Waals surface area (Å²) in [5.74, 6) is 0.793. The lowest BCUT2D eigenvalue weighted by molar-refractivity contribution is 0.102. The maximum Gasteiger partial charge on any atom is 0.257 e. The fraction of sp³-hybridized carbons (Fsp3) is 0.0952. The van der Waals surface area contributed by atoms with Gasteiger partial charge in [-0.25, -0.2) is 0 Å². The first-order chi connectivity index (χ1) is 13.6. The lowest BCUT2D eigenvalue weighted by atomic mass is 10.2. The van der Waals surface area contributed by atoms with Gasteiger partial charge in [-0.15, -0.1) is 0 Å². The average Bonchev–Trinajstić information content (AvgIpc) is 2.74. The standard InChI is InChI=1S/C21H18N4O3/c1-27-18-7-8-20(28-2)19(10-18)25-21(26)15-9-17(13-23-12-15)24-16-5-3-14(11-22)4-6-16/h3-10,12-13,24H,1-2H3,(H,25,26). The van der Waals surface area contributed by atoms with E-state index in [4.69, 9.17) is 14.7 Å². The molecule has 2 aromatic carbocycles. The van der Waals surface area contributed by atoms with Gasteiger partial charge in [-0.1, -0.05) is 0 Å². The summed E-state index contributed by atoms with van der Waals surface area (Å²) in [5, 5.41) is 14.8. The first-order valence-corrected chi connectivity index (χ1v) is 8.38. The van der Waals surface area contributed by atoms with E-state index >= 15 is 0 Å². The highest BCUT2D eigenvalue weighted by atomic mass is 16.5. The summed E-state index contributed by atoms with van der Waals surface area (Å²) in [5.41, 5.74) is 2.88. The predicted octanol–water partition coefficient (Wildman–Crippen LogP) is 3.97. The molecular weight excluding hydrogens is 356 g/mol. The van der Waals surface area contributed by atoms with Crippen molar-refractivity contribution in [2.75, 3.05) is 24.9 Å². The maximum absolute atomic E-state index is 12.7.